The minimum absolute atomic E-state index is 0.0424. The highest BCUT2D eigenvalue weighted by molar-refractivity contribution is 9.10. The number of thioether (sulfide) groups is 1. The average molecular weight is 503 g/mol. The third kappa shape index (κ3) is 7.27. The maximum absolute atomic E-state index is 12.4. The van der Waals surface area contributed by atoms with Gasteiger partial charge in [0.2, 0.25) is 0 Å². The van der Waals surface area contributed by atoms with E-state index in [4.69, 9.17) is 9.47 Å². The van der Waals surface area contributed by atoms with Crippen LogP contribution in [0.25, 0.3) is 0 Å². The molecule has 0 aliphatic rings. The van der Waals surface area contributed by atoms with Crippen molar-refractivity contribution in [2.24, 2.45) is 0 Å². The zero-order chi connectivity index (χ0) is 21.8. The second kappa shape index (κ2) is 9.44. The van der Waals surface area contributed by atoms with Crippen molar-refractivity contribution < 1.29 is 19.2 Å². The van der Waals surface area contributed by atoms with Crippen molar-refractivity contribution in [2.75, 3.05) is 6.61 Å². The topological polar surface area (TPSA) is 91.6 Å². The Morgan fingerprint density at radius 3 is 2.62 bits per heavy atom. The molecule has 0 saturated carbocycles. The Balaban J connectivity index is 1.91. The van der Waals surface area contributed by atoms with Crippen molar-refractivity contribution in [3.8, 4) is 5.75 Å². The van der Waals surface area contributed by atoms with Gasteiger partial charge in [-0.2, -0.15) is 0 Å². The molecule has 10 heteroatoms. The van der Waals surface area contributed by atoms with Crippen molar-refractivity contribution in [3.05, 3.63) is 43.9 Å². The first-order valence-electron chi connectivity index (χ1n) is 8.81. The molecule has 1 heterocycles. The summed E-state index contributed by atoms with van der Waals surface area (Å²) in [7, 11) is 0. The van der Waals surface area contributed by atoms with Gasteiger partial charge in [-0.3, -0.25) is 14.9 Å². The van der Waals surface area contributed by atoms with Crippen molar-refractivity contribution in [3.63, 3.8) is 0 Å². The fourth-order valence-electron chi connectivity index (χ4n) is 2.11. The van der Waals surface area contributed by atoms with Gasteiger partial charge in [0.1, 0.15) is 16.1 Å². The highest BCUT2D eigenvalue weighted by Crippen LogP contribution is 2.36. The van der Waals surface area contributed by atoms with E-state index in [0.29, 0.717) is 23.2 Å². The maximum Gasteiger partial charge on any atom is 0.322 e. The van der Waals surface area contributed by atoms with E-state index >= 15 is 0 Å². The van der Waals surface area contributed by atoms with Crippen LogP contribution in [0.2, 0.25) is 0 Å². The van der Waals surface area contributed by atoms with Crippen LogP contribution in [0.5, 0.6) is 5.75 Å². The van der Waals surface area contributed by atoms with Crippen molar-refractivity contribution in [2.45, 2.75) is 55.7 Å². The van der Waals surface area contributed by atoms with Crippen LogP contribution in [-0.2, 0) is 16.0 Å². The minimum Gasteiger partial charge on any atom is -0.493 e. The predicted molar refractivity (Wildman–Crippen MR) is 118 cm³/mol. The van der Waals surface area contributed by atoms with Crippen LogP contribution in [0.3, 0.4) is 0 Å². The lowest BCUT2D eigenvalue weighted by molar-refractivity contribution is -0.385. The van der Waals surface area contributed by atoms with Gasteiger partial charge in [0.05, 0.1) is 27.8 Å². The fourth-order valence-corrected chi connectivity index (χ4v) is 4.76. The minimum atomic E-state index is -0.755. The number of carbonyl (C=O) groups is 1. The van der Waals surface area contributed by atoms with Crippen molar-refractivity contribution >= 4 is 50.7 Å². The van der Waals surface area contributed by atoms with Crippen LogP contribution in [0.15, 0.2) is 32.4 Å². The van der Waals surface area contributed by atoms with Crippen LogP contribution in [-0.4, -0.2) is 32.8 Å². The van der Waals surface area contributed by atoms with Gasteiger partial charge >= 0.3 is 5.97 Å². The Hall–Kier alpha value is -1.65. The van der Waals surface area contributed by atoms with Crippen LogP contribution in [0, 0.1) is 10.1 Å². The largest absolute Gasteiger partial charge is 0.493 e. The Kier molecular flexibility index (Phi) is 7.69. The number of ether oxygens (including phenoxy) is 2. The number of hydrogen-bond donors (Lipinski definition) is 0. The molecule has 0 radical (unpaired) electrons. The number of aromatic nitrogens is 1. The number of hydrogen-bond acceptors (Lipinski definition) is 8. The lowest BCUT2D eigenvalue weighted by Crippen LogP contribution is -2.36. The molecule has 7 nitrogen and oxygen atoms in total. The van der Waals surface area contributed by atoms with E-state index < -0.39 is 15.3 Å². The molecule has 2 aromatic rings. The summed E-state index contributed by atoms with van der Waals surface area (Å²) in [5.41, 5.74) is 0.255. The number of thiazole rings is 1. The van der Waals surface area contributed by atoms with Gasteiger partial charge in [-0.1, -0.05) is 11.8 Å². The lowest BCUT2D eigenvalue weighted by atomic mass is 10.1. The molecule has 0 N–H and O–H groups in total. The molecule has 2 rings (SSSR count). The smallest absolute Gasteiger partial charge is 0.322 e. The summed E-state index contributed by atoms with van der Waals surface area (Å²) in [6, 6.07) is 4.64. The van der Waals surface area contributed by atoms with E-state index in [9.17, 15) is 14.9 Å². The molecule has 1 aromatic heterocycles. The van der Waals surface area contributed by atoms with Gasteiger partial charge in [-0.05, 0) is 62.7 Å². The maximum atomic E-state index is 12.4. The van der Waals surface area contributed by atoms with Crippen molar-refractivity contribution in [1.29, 1.82) is 0 Å². The van der Waals surface area contributed by atoms with Crippen LogP contribution >= 0.6 is 39.0 Å². The second-order valence-electron chi connectivity index (χ2n) is 7.69. The monoisotopic (exact) mass is 502 g/mol. The first-order valence-corrected chi connectivity index (χ1v) is 11.3. The van der Waals surface area contributed by atoms with Gasteiger partial charge in [0.15, 0.2) is 4.34 Å². The Bertz CT molecular complexity index is 893. The number of nitrogens with zero attached hydrogens (tertiary/aromatic N) is 2. The lowest BCUT2D eigenvalue weighted by Gasteiger charge is -2.27. The number of rotatable bonds is 8. The zero-order valence-corrected chi connectivity index (χ0v) is 20.1. The summed E-state index contributed by atoms with van der Waals surface area (Å²) in [5, 5.41) is 12.9. The fraction of sp³-hybridized carbons (Fsp3) is 0.474. The number of esters is 1. The molecule has 158 valence electrons. The van der Waals surface area contributed by atoms with Gasteiger partial charge < -0.3 is 9.47 Å². The Labute approximate surface area is 186 Å². The molecular weight excluding hydrogens is 480 g/mol. The van der Waals surface area contributed by atoms with Crippen LogP contribution < -0.4 is 4.74 Å². The SMILES string of the molecule is CC(C)(C)OC(=O)C(C)(C)Sc1nc(CCOc2ccc(Br)c([N+](=O)[O-])c2)cs1. The molecule has 0 saturated heterocycles. The molecular formula is C19H23BrN2O5S2. The highest BCUT2D eigenvalue weighted by Gasteiger charge is 2.34. The molecule has 1 aromatic carbocycles. The summed E-state index contributed by atoms with van der Waals surface area (Å²) in [6.07, 6.45) is 0.549. The van der Waals surface area contributed by atoms with E-state index in [1.54, 1.807) is 12.1 Å². The summed E-state index contributed by atoms with van der Waals surface area (Å²) in [5.74, 6) is 0.141. The normalized spacial score (nSPS) is 11.9. The van der Waals surface area contributed by atoms with Crippen molar-refractivity contribution in [1.82, 2.24) is 4.98 Å². The first-order chi connectivity index (χ1) is 13.4. The van der Waals surface area contributed by atoms with E-state index in [2.05, 4.69) is 20.9 Å². The molecule has 0 amide bonds. The molecule has 0 aliphatic carbocycles. The summed E-state index contributed by atoms with van der Waals surface area (Å²) < 4.78 is 11.5. The third-order valence-corrected chi connectivity index (χ3v) is 6.34. The molecule has 0 aliphatic heterocycles. The van der Waals surface area contributed by atoms with E-state index in [0.717, 1.165) is 10.0 Å². The summed E-state index contributed by atoms with van der Waals surface area (Å²) >= 11 is 5.97. The number of halogens is 1. The van der Waals surface area contributed by atoms with E-state index in [1.165, 1.54) is 29.2 Å². The van der Waals surface area contributed by atoms with Gasteiger partial charge in [0.25, 0.3) is 5.69 Å². The first kappa shape index (κ1) is 23.6. The Morgan fingerprint density at radius 1 is 1.31 bits per heavy atom. The van der Waals surface area contributed by atoms with E-state index in [-0.39, 0.29) is 11.7 Å². The number of nitro groups is 1. The number of benzene rings is 1. The van der Waals surface area contributed by atoms with Crippen LogP contribution in [0.1, 0.15) is 40.3 Å². The molecule has 29 heavy (non-hydrogen) atoms. The quantitative estimate of drug-likeness (QED) is 0.199. The molecule has 0 fully saturated rings. The zero-order valence-electron chi connectivity index (χ0n) is 16.9. The second-order valence-corrected chi connectivity index (χ2v) is 11.3. The van der Waals surface area contributed by atoms with E-state index in [1.807, 2.05) is 40.0 Å². The van der Waals surface area contributed by atoms with Gasteiger partial charge in [0, 0.05) is 11.8 Å². The number of nitro benzene ring substituents is 1. The van der Waals surface area contributed by atoms with Gasteiger partial charge in [-0.25, -0.2) is 4.98 Å². The average Bonchev–Trinajstić information content (AvgIpc) is 3.01. The Morgan fingerprint density at radius 2 is 2.00 bits per heavy atom. The van der Waals surface area contributed by atoms with Crippen LogP contribution in [0.4, 0.5) is 5.69 Å². The highest BCUT2D eigenvalue weighted by atomic mass is 79.9. The molecule has 0 atom stereocenters. The van der Waals surface area contributed by atoms with Gasteiger partial charge in [-0.15, -0.1) is 11.3 Å². The predicted octanol–water partition coefficient (Wildman–Crippen LogP) is 5.65. The summed E-state index contributed by atoms with van der Waals surface area (Å²) in [4.78, 5) is 27.4. The summed E-state index contributed by atoms with van der Waals surface area (Å²) in [6.45, 7) is 9.49. The molecule has 0 spiro atoms. The molecule has 0 unspecified atom stereocenters. The standard InChI is InChI=1S/C19H23BrN2O5S2/c1-18(2,3)27-16(23)19(4,5)29-17-21-12(11-28-17)8-9-26-13-6-7-14(20)15(10-13)22(24)25/h6-7,10-11H,8-9H2,1-5H3. The third-order valence-electron chi connectivity index (χ3n) is 3.50. The molecule has 0 bridgehead atoms. The number of carbonyl (C=O) groups excluding carboxylic acids is 1.